The molecule has 0 aliphatic carbocycles. The van der Waals surface area contributed by atoms with E-state index in [2.05, 4.69) is 5.10 Å². The van der Waals surface area contributed by atoms with E-state index in [-0.39, 0.29) is 30.3 Å². The number of ether oxygens (including phenoxy) is 1. The first kappa shape index (κ1) is 14.5. The van der Waals surface area contributed by atoms with Crippen LogP contribution >= 0.6 is 0 Å². The van der Waals surface area contributed by atoms with Crippen molar-refractivity contribution >= 4 is 11.8 Å². The molecule has 2 rings (SSSR count). The van der Waals surface area contributed by atoms with Gasteiger partial charge < -0.3 is 20.0 Å². The van der Waals surface area contributed by atoms with Crippen molar-refractivity contribution in [3.8, 4) is 5.75 Å². The summed E-state index contributed by atoms with van der Waals surface area (Å²) in [5.41, 5.74) is 0.533. The molecule has 0 spiro atoms. The molecule has 0 unspecified atom stereocenters. The number of benzene rings is 1. The van der Waals surface area contributed by atoms with Crippen LogP contribution in [-0.4, -0.2) is 32.4 Å². The zero-order chi connectivity index (χ0) is 15.4. The highest BCUT2D eigenvalue weighted by Crippen LogP contribution is 2.18. The summed E-state index contributed by atoms with van der Waals surface area (Å²) in [5, 5.41) is 23.5. The zero-order valence-electron chi connectivity index (χ0n) is 11.2. The van der Waals surface area contributed by atoms with Crippen molar-refractivity contribution in [2.75, 3.05) is 6.61 Å². The number of rotatable bonds is 6. The predicted octanol–water partition coefficient (Wildman–Crippen LogP) is 1.88. The smallest absolute Gasteiger partial charge is 0.392 e. The molecule has 0 atom stereocenters. The molecule has 0 amide bonds. The Labute approximate surface area is 119 Å². The number of hydrogen-bond donors (Lipinski definition) is 1. The van der Waals surface area contributed by atoms with Crippen LogP contribution in [0.5, 0.6) is 5.75 Å². The number of nitro groups is 1. The van der Waals surface area contributed by atoms with Gasteiger partial charge in [-0.1, -0.05) is 12.1 Å². The first-order valence-electron chi connectivity index (χ1n) is 6.12. The van der Waals surface area contributed by atoms with Crippen LogP contribution in [0, 0.1) is 17.0 Å². The van der Waals surface area contributed by atoms with Crippen LogP contribution < -0.4 is 4.74 Å². The minimum Gasteiger partial charge on any atom is -0.491 e. The van der Waals surface area contributed by atoms with Gasteiger partial charge in [-0.15, -0.1) is 0 Å². The van der Waals surface area contributed by atoms with Crippen LogP contribution in [0.4, 0.5) is 5.82 Å². The van der Waals surface area contributed by atoms with E-state index in [1.165, 1.54) is 10.7 Å². The number of carboxylic acids is 1. The van der Waals surface area contributed by atoms with E-state index in [9.17, 15) is 14.9 Å². The average Bonchev–Trinajstić information content (AvgIpc) is 2.80. The second-order valence-electron chi connectivity index (χ2n) is 4.31. The summed E-state index contributed by atoms with van der Waals surface area (Å²) in [6.45, 7) is 2.04. The van der Waals surface area contributed by atoms with Gasteiger partial charge in [0.15, 0.2) is 0 Å². The van der Waals surface area contributed by atoms with Crippen LogP contribution in [0.1, 0.15) is 15.9 Å². The fourth-order valence-electron chi connectivity index (χ4n) is 1.82. The molecule has 0 saturated heterocycles. The van der Waals surface area contributed by atoms with Crippen LogP contribution in [-0.2, 0) is 6.54 Å². The van der Waals surface area contributed by atoms with E-state index >= 15 is 0 Å². The maximum Gasteiger partial charge on any atom is 0.392 e. The molecule has 8 heteroatoms. The first-order chi connectivity index (χ1) is 9.99. The number of carboxylic acid groups (broad SMARTS) is 1. The number of hydrogen-bond acceptors (Lipinski definition) is 5. The summed E-state index contributed by atoms with van der Waals surface area (Å²) in [4.78, 5) is 21.1. The quantitative estimate of drug-likeness (QED) is 0.643. The third-order valence-electron chi connectivity index (χ3n) is 2.79. The molecular weight excluding hydrogens is 278 g/mol. The Morgan fingerprint density at radius 1 is 1.48 bits per heavy atom. The molecule has 0 fully saturated rings. The highest BCUT2D eigenvalue weighted by molar-refractivity contribution is 5.90. The molecule has 1 N–H and O–H groups in total. The minimum absolute atomic E-state index is 0.0696. The zero-order valence-corrected chi connectivity index (χ0v) is 11.2. The molecule has 8 nitrogen and oxygen atoms in total. The van der Waals surface area contributed by atoms with Gasteiger partial charge >= 0.3 is 11.8 Å². The van der Waals surface area contributed by atoms with Crippen molar-refractivity contribution in [2.45, 2.75) is 13.5 Å². The first-order valence-corrected chi connectivity index (χ1v) is 6.12. The molecule has 21 heavy (non-hydrogen) atoms. The molecule has 0 bridgehead atoms. The third kappa shape index (κ3) is 3.35. The van der Waals surface area contributed by atoms with Crippen molar-refractivity contribution in [2.24, 2.45) is 0 Å². The second-order valence-corrected chi connectivity index (χ2v) is 4.31. The second kappa shape index (κ2) is 6.04. The molecule has 0 radical (unpaired) electrons. The largest absolute Gasteiger partial charge is 0.491 e. The normalized spacial score (nSPS) is 10.3. The molecule has 1 heterocycles. The standard InChI is InChI=1S/C13H13N3O5/c1-9-8-15(14-12(9)16(19)20)6-7-21-11-5-3-2-4-10(11)13(17)18/h2-5,8H,6-7H2,1H3,(H,17,18). The fourth-order valence-corrected chi connectivity index (χ4v) is 1.82. The van der Waals surface area contributed by atoms with E-state index in [0.717, 1.165) is 0 Å². The summed E-state index contributed by atoms with van der Waals surface area (Å²) < 4.78 is 6.80. The van der Waals surface area contributed by atoms with Gasteiger partial charge in [-0.25, -0.2) is 4.79 Å². The summed E-state index contributed by atoms with van der Waals surface area (Å²) in [6.07, 6.45) is 1.55. The topological polar surface area (TPSA) is 107 Å². The molecule has 110 valence electrons. The van der Waals surface area contributed by atoms with Crippen LogP contribution in [0.3, 0.4) is 0 Å². The van der Waals surface area contributed by atoms with Crippen molar-refractivity contribution in [1.82, 2.24) is 9.78 Å². The maximum atomic E-state index is 11.0. The number of nitrogens with zero attached hydrogens (tertiary/aromatic N) is 3. The number of aryl methyl sites for hydroxylation is 1. The van der Waals surface area contributed by atoms with Gasteiger partial charge in [-0.05, 0) is 24.0 Å². The van der Waals surface area contributed by atoms with Gasteiger partial charge in [0.25, 0.3) is 0 Å². The van der Waals surface area contributed by atoms with E-state index in [1.807, 2.05) is 0 Å². The van der Waals surface area contributed by atoms with Gasteiger partial charge in [-0.2, -0.15) is 4.68 Å². The Hall–Kier alpha value is -2.90. The lowest BCUT2D eigenvalue weighted by Crippen LogP contribution is -2.11. The Bertz CT molecular complexity index is 680. The van der Waals surface area contributed by atoms with Crippen LogP contribution in [0.15, 0.2) is 30.5 Å². The lowest BCUT2D eigenvalue weighted by Gasteiger charge is -2.07. The molecule has 0 aliphatic heterocycles. The summed E-state index contributed by atoms with van der Waals surface area (Å²) in [7, 11) is 0. The van der Waals surface area contributed by atoms with E-state index in [1.54, 1.807) is 31.3 Å². The predicted molar refractivity (Wildman–Crippen MR) is 72.5 cm³/mol. The lowest BCUT2D eigenvalue weighted by atomic mass is 10.2. The highest BCUT2D eigenvalue weighted by atomic mass is 16.6. The van der Waals surface area contributed by atoms with Crippen LogP contribution in [0.25, 0.3) is 0 Å². The summed E-state index contributed by atoms with van der Waals surface area (Å²) in [6, 6.07) is 6.28. The maximum absolute atomic E-state index is 11.0. The third-order valence-corrected chi connectivity index (χ3v) is 2.79. The van der Waals surface area contributed by atoms with E-state index in [0.29, 0.717) is 5.56 Å². The average molecular weight is 291 g/mol. The molecule has 0 saturated carbocycles. The van der Waals surface area contributed by atoms with Gasteiger partial charge in [0.05, 0.1) is 23.4 Å². The number of aromatic carboxylic acids is 1. The fraction of sp³-hybridized carbons (Fsp3) is 0.231. The van der Waals surface area contributed by atoms with Crippen molar-refractivity contribution in [3.63, 3.8) is 0 Å². The number of carbonyl (C=O) groups is 1. The number of aromatic nitrogens is 2. The van der Waals surface area contributed by atoms with E-state index < -0.39 is 10.9 Å². The molecular formula is C13H13N3O5. The Kier molecular flexibility index (Phi) is 4.17. The van der Waals surface area contributed by atoms with Gasteiger partial charge in [0, 0.05) is 0 Å². The van der Waals surface area contributed by atoms with Gasteiger partial charge in [0.2, 0.25) is 0 Å². The Balaban J connectivity index is 2.00. The van der Waals surface area contributed by atoms with Gasteiger partial charge in [0.1, 0.15) is 17.9 Å². The SMILES string of the molecule is Cc1cn(CCOc2ccccc2C(=O)O)nc1[N+](=O)[O-]. The Morgan fingerprint density at radius 2 is 2.19 bits per heavy atom. The van der Waals surface area contributed by atoms with Gasteiger partial charge in [-0.3, -0.25) is 0 Å². The molecule has 2 aromatic rings. The summed E-state index contributed by atoms with van der Waals surface area (Å²) in [5.74, 6) is -1.01. The summed E-state index contributed by atoms with van der Waals surface area (Å²) >= 11 is 0. The lowest BCUT2D eigenvalue weighted by molar-refractivity contribution is -0.390. The molecule has 1 aromatic heterocycles. The van der Waals surface area contributed by atoms with Crippen LogP contribution in [0.2, 0.25) is 0 Å². The van der Waals surface area contributed by atoms with Crippen molar-refractivity contribution < 1.29 is 19.6 Å². The minimum atomic E-state index is -1.07. The molecule has 1 aromatic carbocycles. The highest BCUT2D eigenvalue weighted by Gasteiger charge is 2.17. The number of para-hydroxylation sites is 1. The monoisotopic (exact) mass is 291 g/mol. The van der Waals surface area contributed by atoms with Crippen molar-refractivity contribution in [3.05, 3.63) is 51.7 Å². The molecule has 0 aliphatic rings. The van der Waals surface area contributed by atoms with E-state index in [4.69, 9.17) is 9.84 Å². The van der Waals surface area contributed by atoms with Crippen molar-refractivity contribution in [1.29, 1.82) is 0 Å². The Morgan fingerprint density at radius 3 is 2.81 bits per heavy atom.